The van der Waals surface area contributed by atoms with E-state index in [2.05, 4.69) is 5.32 Å². The first-order valence-electron chi connectivity index (χ1n) is 16.6. The highest BCUT2D eigenvalue weighted by Crippen LogP contribution is 2.67. The van der Waals surface area contributed by atoms with Gasteiger partial charge < -0.3 is 59.3 Å². The van der Waals surface area contributed by atoms with Crippen molar-refractivity contribution in [2.24, 2.45) is 23.2 Å². The van der Waals surface area contributed by atoms with Crippen molar-refractivity contribution >= 4 is 38.5 Å². The van der Waals surface area contributed by atoms with Gasteiger partial charge in [-0.15, -0.1) is 0 Å². The van der Waals surface area contributed by atoms with Crippen LogP contribution in [0.4, 0.5) is 0 Å². The van der Waals surface area contributed by atoms with Gasteiger partial charge in [0.05, 0.1) is 32.2 Å². The van der Waals surface area contributed by atoms with Gasteiger partial charge in [-0.1, -0.05) is 45.9 Å². The third-order valence-corrected chi connectivity index (χ3v) is 13.5. The van der Waals surface area contributed by atoms with Crippen molar-refractivity contribution in [3.8, 4) is 11.5 Å². The van der Waals surface area contributed by atoms with E-state index in [-0.39, 0.29) is 43.3 Å². The number of aryl methyl sites for hydroxylation is 1. The molecular formula is C34H43NO12S2. The number of hydrogen-bond donors (Lipinski definition) is 7. The number of aliphatic hydroxyl groups is 6. The molecule has 1 aromatic carbocycles. The molecule has 3 aliphatic carbocycles. The van der Waals surface area contributed by atoms with Gasteiger partial charge in [0.1, 0.15) is 23.9 Å². The number of fused-ring (bicyclic) bond motifs is 10. The van der Waals surface area contributed by atoms with Crippen LogP contribution in [0, 0.1) is 23.2 Å². The van der Waals surface area contributed by atoms with Crippen LogP contribution < -0.4 is 14.8 Å². The van der Waals surface area contributed by atoms with Crippen LogP contribution in [0.5, 0.6) is 11.5 Å². The van der Waals surface area contributed by atoms with E-state index >= 15 is 0 Å². The summed E-state index contributed by atoms with van der Waals surface area (Å²) in [4.78, 5) is 12.5. The van der Waals surface area contributed by atoms with Crippen molar-refractivity contribution in [1.82, 2.24) is 5.32 Å². The zero-order chi connectivity index (χ0) is 34.6. The lowest BCUT2D eigenvalue weighted by Crippen LogP contribution is -2.89. The largest absolute Gasteiger partial charge is 0.485 e. The minimum atomic E-state index is -2.46. The van der Waals surface area contributed by atoms with Crippen LogP contribution in [0.2, 0.25) is 0 Å². The summed E-state index contributed by atoms with van der Waals surface area (Å²) in [6, 6.07) is 3.52. The van der Waals surface area contributed by atoms with E-state index in [1.54, 1.807) is 37.3 Å². The molecule has 1 aromatic heterocycles. The van der Waals surface area contributed by atoms with Gasteiger partial charge in [0.2, 0.25) is 12.0 Å². The molecule has 7 N–H and O–H groups in total. The Morgan fingerprint density at radius 1 is 1.10 bits per heavy atom. The molecule has 15 heteroatoms. The Kier molecular flexibility index (Phi) is 9.56. The average Bonchev–Trinajstić information content (AvgIpc) is 3.57. The summed E-state index contributed by atoms with van der Waals surface area (Å²) in [5, 5.41) is 75.5. The number of aliphatic hydroxyl groups excluding tert-OH is 4. The second-order valence-electron chi connectivity index (χ2n) is 13.4. The number of hydrogen-bond acceptors (Lipinski definition) is 15. The number of nitrogens with one attached hydrogen (secondary N) is 1. The summed E-state index contributed by atoms with van der Waals surface area (Å²) in [6.07, 6.45) is 3.08. The summed E-state index contributed by atoms with van der Waals surface area (Å²) in [6.45, 7) is 1.90. The normalized spacial score (nSPS) is 40.0. The van der Waals surface area contributed by atoms with Gasteiger partial charge in [0.25, 0.3) is 0 Å². The van der Waals surface area contributed by atoms with Gasteiger partial charge in [-0.2, -0.15) is 0 Å². The molecule has 0 amide bonds. The van der Waals surface area contributed by atoms with Crippen molar-refractivity contribution in [3.05, 3.63) is 48.3 Å². The SMILES string of the molecule is CCOC(=O)CCc1cc2ccoc2c2c1OC1OC(CO)(CSSCCNCCO2)C2(O)C3C=CC4(CO)C(O)C=CC3C4C1(O)C2O. The maximum absolute atomic E-state index is 13.0. The molecule has 7 rings (SSSR count). The molecule has 2 aromatic rings. The molecular weight excluding hydrogens is 679 g/mol. The monoisotopic (exact) mass is 721 g/mol. The van der Waals surface area contributed by atoms with Gasteiger partial charge in [-0.05, 0) is 37.0 Å². The molecule has 0 spiro atoms. The van der Waals surface area contributed by atoms with Crippen LogP contribution >= 0.6 is 21.6 Å². The Bertz CT molecular complexity index is 1620. The van der Waals surface area contributed by atoms with E-state index in [4.69, 9.17) is 23.4 Å². The lowest BCUT2D eigenvalue weighted by Gasteiger charge is -2.71. The highest BCUT2D eigenvalue weighted by Gasteiger charge is 2.81. The van der Waals surface area contributed by atoms with E-state index in [0.29, 0.717) is 35.4 Å². The molecule has 10 unspecified atom stereocenters. The van der Waals surface area contributed by atoms with E-state index in [1.807, 2.05) is 0 Å². The van der Waals surface area contributed by atoms with Gasteiger partial charge in [0, 0.05) is 53.7 Å². The van der Waals surface area contributed by atoms with Gasteiger partial charge in [-0.25, -0.2) is 0 Å². The van der Waals surface area contributed by atoms with Crippen molar-refractivity contribution in [2.75, 3.05) is 51.0 Å². The smallest absolute Gasteiger partial charge is 0.306 e. The van der Waals surface area contributed by atoms with Crippen LogP contribution in [-0.4, -0.2) is 123 Å². The molecule has 3 heterocycles. The zero-order valence-corrected chi connectivity index (χ0v) is 28.7. The molecule has 10 atom stereocenters. The molecule has 0 radical (unpaired) electrons. The number of carbonyl (C=O) groups is 1. The van der Waals surface area contributed by atoms with E-state index in [0.717, 1.165) is 0 Å². The van der Waals surface area contributed by atoms with E-state index in [9.17, 15) is 35.4 Å². The predicted molar refractivity (Wildman–Crippen MR) is 180 cm³/mol. The summed E-state index contributed by atoms with van der Waals surface area (Å²) >= 11 is 0. The first kappa shape index (κ1) is 35.1. The van der Waals surface area contributed by atoms with Gasteiger partial charge >= 0.3 is 5.97 Å². The lowest BCUT2D eigenvalue weighted by atomic mass is 9.41. The van der Waals surface area contributed by atoms with E-state index < -0.39 is 77.7 Å². The number of esters is 1. The third-order valence-electron chi connectivity index (χ3n) is 11.0. The van der Waals surface area contributed by atoms with Crippen LogP contribution in [0.15, 0.2) is 47.1 Å². The second-order valence-corrected chi connectivity index (χ2v) is 16.0. The Labute approximate surface area is 291 Å². The number of allylic oxidation sites excluding steroid dienone is 1. The number of benzene rings is 1. The summed E-state index contributed by atoms with van der Waals surface area (Å²) in [5.74, 6) is -2.18. The molecule has 5 aliphatic rings. The zero-order valence-electron chi connectivity index (χ0n) is 27.0. The summed E-state index contributed by atoms with van der Waals surface area (Å²) < 4.78 is 30.7. The van der Waals surface area contributed by atoms with Crippen molar-refractivity contribution in [1.29, 1.82) is 0 Å². The maximum Gasteiger partial charge on any atom is 0.306 e. The number of ether oxygens (including phenoxy) is 4. The standard InChI is InChI=1S/C34H43NO12S2/c1-2-43-24(39)6-3-19-15-20-8-12-44-25(20)27-26(19)46-30-33(41)28-21-4-5-23(38)31(28,16-36)9-7-22(21)34(42,29(33)40)32(17-37,47-30)18-49-48-14-11-35-10-13-45-27/h4-5,7-9,12,15,21-23,28-30,35-38,40-42H,2-3,6,10-11,13-14,16-18H2,1H3. The highest BCUT2D eigenvalue weighted by atomic mass is 33.1. The highest BCUT2D eigenvalue weighted by molar-refractivity contribution is 8.76. The van der Waals surface area contributed by atoms with Crippen LogP contribution in [0.25, 0.3) is 11.0 Å². The Morgan fingerprint density at radius 3 is 2.71 bits per heavy atom. The Morgan fingerprint density at radius 2 is 1.94 bits per heavy atom. The fourth-order valence-corrected chi connectivity index (χ4v) is 11.1. The number of rotatable bonds is 6. The Balaban J connectivity index is 1.44. The molecule has 1 saturated carbocycles. The predicted octanol–water partition coefficient (Wildman–Crippen LogP) is 0.923. The molecule has 1 saturated heterocycles. The quantitative estimate of drug-likeness (QED) is 0.126. The molecule has 13 nitrogen and oxygen atoms in total. The van der Waals surface area contributed by atoms with Crippen LogP contribution in [0.1, 0.15) is 18.9 Å². The molecule has 2 fully saturated rings. The van der Waals surface area contributed by atoms with Crippen LogP contribution in [-0.2, 0) is 20.7 Å². The summed E-state index contributed by atoms with van der Waals surface area (Å²) in [5.41, 5.74) is -7.20. The Hall–Kier alpha value is -2.31. The topological polar surface area (TPSA) is 201 Å². The van der Waals surface area contributed by atoms with E-state index in [1.165, 1.54) is 33.9 Å². The third kappa shape index (κ3) is 5.19. The lowest BCUT2D eigenvalue weighted by molar-refractivity contribution is -0.431. The first-order valence-corrected chi connectivity index (χ1v) is 19.1. The van der Waals surface area contributed by atoms with Crippen molar-refractivity contribution < 1.29 is 58.8 Å². The fraction of sp³-hybridized carbons (Fsp3) is 0.618. The molecule has 8 bridgehead atoms. The molecule has 2 aliphatic heterocycles. The number of carbonyl (C=O) groups excluding carboxylic acids is 1. The maximum atomic E-state index is 13.0. The summed E-state index contributed by atoms with van der Waals surface area (Å²) in [7, 11) is 2.84. The second kappa shape index (κ2) is 13.3. The van der Waals surface area contributed by atoms with Gasteiger partial charge in [-0.3, -0.25) is 4.79 Å². The molecule has 49 heavy (non-hydrogen) atoms. The molecule has 268 valence electrons. The first-order chi connectivity index (χ1) is 23.6. The van der Waals surface area contributed by atoms with Crippen molar-refractivity contribution in [3.63, 3.8) is 0 Å². The fourth-order valence-electron chi connectivity index (χ4n) is 8.64. The average molecular weight is 722 g/mol. The minimum absolute atomic E-state index is 0.00711. The number of furan rings is 1. The van der Waals surface area contributed by atoms with Crippen molar-refractivity contribution in [2.45, 2.75) is 55.1 Å². The van der Waals surface area contributed by atoms with Gasteiger partial charge in [0.15, 0.2) is 16.9 Å². The minimum Gasteiger partial charge on any atom is -0.485 e. The van der Waals surface area contributed by atoms with Crippen LogP contribution in [0.3, 0.4) is 0 Å².